The van der Waals surface area contributed by atoms with Gasteiger partial charge < -0.3 is 19.8 Å². The first-order valence-electron chi connectivity index (χ1n) is 6.54. The van der Waals surface area contributed by atoms with Crippen LogP contribution in [0.1, 0.15) is 17.5 Å². The first-order chi connectivity index (χ1) is 10.9. The van der Waals surface area contributed by atoms with Crippen LogP contribution in [-0.4, -0.2) is 24.4 Å². The number of carbonyl (C=O) groups excluding carboxylic acids is 3. The molecule has 2 amide bonds. The van der Waals surface area contributed by atoms with E-state index in [-0.39, 0.29) is 11.7 Å². The van der Waals surface area contributed by atoms with Crippen molar-refractivity contribution in [3.8, 4) is 0 Å². The van der Waals surface area contributed by atoms with E-state index in [0.29, 0.717) is 16.0 Å². The summed E-state index contributed by atoms with van der Waals surface area (Å²) in [6.45, 7) is 0.930. The van der Waals surface area contributed by atoms with Crippen molar-refractivity contribution >= 4 is 45.1 Å². The van der Waals surface area contributed by atoms with Crippen LogP contribution >= 0.6 is 15.9 Å². The average molecular weight is 381 g/mol. The van der Waals surface area contributed by atoms with Gasteiger partial charge in [0.25, 0.3) is 5.91 Å². The van der Waals surface area contributed by atoms with E-state index in [0.717, 1.165) is 0 Å². The fourth-order valence-corrected chi connectivity index (χ4v) is 2.01. The fraction of sp³-hybridized carbons (Fsp3) is 0.133. The molecule has 0 atom stereocenters. The SMILES string of the molecule is CC(=O)Nc1cccc(NC(=O)COC(=O)c2ccc(Br)o2)c1. The molecule has 0 radical (unpaired) electrons. The molecule has 0 fully saturated rings. The zero-order valence-electron chi connectivity index (χ0n) is 12.1. The normalized spacial score (nSPS) is 10.0. The summed E-state index contributed by atoms with van der Waals surface area (Å²) >= 11 is 3.06. The molecule has 0 aliphatic rings. The van der Waals surface area contributed by atoms with E-state index in [1.165, 1.54) is 13.0 Å². The molecule has 8 heteroatoms. The van der Waals surface area contributed by atoms with Gasteiger partial charge in [0, 0.05) is 18.3 Å². The van der Waals surface area contributed by atoms with E-state index < -0.39 is 18.5 Å². The van der Waals surface area contributed by atoms with E-state index in [1.807, 2.05) is 0 Å². The molecule has 7 nitrogen and oxygen atoms in total. The number of benzene rings is 1. The highest BCUT2D eigenvalue weighted by molar-refractivity contribution is 9.10. The lowest BCUT2D eigenvalue weighted by Gasteiger charge is -2.08. The van der Waals surface area contributed by atoms with Crippen molar-refractivity contribution in [2.75, 3.05) is 17.2 Å². The third kappa shape index (κ3) is 5.26. The topological polar surface area (TPSA) is 97.6 Å². The molecule has 0 unspecified atom stereocenters. The van der Waals surface area contributed by atoms with Crippen molar-refractivity contribution in [3.63, 3.8) is 0 Å². The lowest BCUT2D eigenvalue weighted by atomic mass is 10.2. The number of hydrogen-bond donors (Lipinski definition) is 2. The standard InChI is InChI=1S/C15H13BrN2O5/c1-9(19)17-10-3-2-4-11(7-10)18-14(20)8-22-15(21)12-5-6-13(16)23-12/h2-7H,8H2,1H3,(H,17,19)(H,18,20). The molecule has 2 aromatic rings. The summed E-state index contributed by atoms with van der Waals surface area (Å²) < 4.78 is 10.2. The third-order valence-corrected chi connectivity index (χ3v) is 3.00. The second kappa shape index (κ2) is 7.59. The van der Waals surface area contributed by atoms with Crippen LogP contribution in [0.2, 0.25) is 0 Å². The number of rotatable bonds is 5. The first kappa shape index (κ1) is 16.8. The molecular weight excluding hydrogens is 368 g/mol. The predicted octanol–water partition coefficient (Wildman–Crippen LogP) is 2.80. The molecule has 2 rings (SSSR count). The molecule has 0 aliphatic heterocycles. The molecule has 0 saturated heterocycles. The maximum atomic E-state index is 11.8. The van der Waals surface area contributed by atoms with Crippen molar-refractivity contribution in [3.05, 3.63) is 46.8 Å². The molecule has 1 aromatic carbocycles. The van der Waals surface area contributed by atoms with Gasteiger partial charge in [-0.05, 0) is 46.3 Å². The molecule has 120 valence electrons. The van der Waals surface area contributed by atoms with Gasteiger partial charge in [-0.25, -0.2) is 4.79 Å². The molecule has 23 heavy (non-hydrogen) atoms. The van der Waals surface area contributed by atoms with Gasteiger partial charge in [0.15, 0.2) is 11.3 Å². The second-order valence-corrected chi connectivity index (χ2v) is 5.27. The summed E-state index contributed by atoms with van der Waals surface area (Å²) in [7, 11) is 0. The molecular formula is C15H13BrN2O5. The van der Waals surface area contributed by atoms with Crippen LogP contribution in [-0.2, 0) is 14.3 Å². The number of esters is 1. The number of amides is 2. The lowest BCUT2D eigenvalue weighted by molar-refractivity contribution is -0.119. The molecule has 0 aliphatic carbocycles. The Kier molecular flexibility index (Phi) is 5.53. The highest BCUT2D eigenvalue weighted by Crippen LogP contribution is 2.16. The highest BCUT2D eigenvalue weighted by atomic mass is 79.9. The molecule has 0 bridgehead atoms. The Labute approximate surface area is 140 Å². The Morgan fingerprint density at radius 1 is 1.13 bits per heavy atom. The summed E-state index contributed by atoms with van der Waals surface area (Å²) in [6.07, 6.45) is 0. The Bertz CT molecular complexity index is 741. The fourth-order valence-electron chi connectivity index (χ4n) is 1.70. The van der Waals surface area contributed by atoms with E-state index in [4.69, 9.17) is 9.15 Å². The first-order valence-corrected chi connectivity index (χ1v) is 7.33. The molecule has 0 saturated carbocycles. The Hall–Kier alpha value is -2.61. The third-order valence-electron chi connectivity index (χ3n) is 2.58. The second-order valence-electron chi connectivity index (χ2n) is 4.49. The van der Waals surface area contributed by atoms with Crippen LogP contribution in [0.5, 0.6) is 0 Å². The van der Waals surface area contributed by atoms with E-state index in [2.05, 4.69) is 26.6 Å². The number of furan rings is 1. The maximum Gasteiger partial charge on any atom is 0.374 e. The number of halogens is 1. The average Bonchev–Trinajstić information content (AvgIpc) is 2.91. The van der Waals surface area contributed by atoms with Gasteiger partial charge in [0.1, 0.15) is 0 Å². The van der Waals surface area contributed by atoms with E-state index in [1.54, 1.807) is 30.3 Å². The van der Waals surface area contributed by atoms with E-state index >= 15 is 0 Å². The van der Waals surface area contributed by atoms with Gasteiger partial charge in [-0.2, -0.15) is 0 Å². The van der Waals surface area contributed by atoms with Gasteiger partial charge in [-0.15, -0.1) is 0 Å². The molecule has 2 N–H and O–H groups in total. The zero-order chi connectivity index (χ0) is 16.8. The van der Waals surface area contributed by atoms with Crippen molar-refractivity contribution in [2.45, 2.75) is 6.92 Å². The zero-order valence-corrected chi connectivity index (χ0v) is 13.7. The summed E-state index contributed by atoms with van der Waals surface area (Å²) in [5, 5.41) is 5.16. The number of hydrogen-bond acceptors (Lipinski definition) is 5. The maximum absolute atomic E-state index is 11.8. The Morgan fingerprint density at radius 2 is 1.83 bits per heavy atom. The number of anilines is 2. The van der Waals surface area contributed by atoms with Gasteiger partial charge in [0.05, 0.1) is 0 Å². The smallest absolute Gasteiger partial charge is 0.374 e. The van der Waals surface area contributed by atoms with Crippen LogP contribution in [0, 0.1) is 0 Å². The number of carbonyl (C=O) groups is 3. The molecule has 1 heterocycles. The monoisotopic (exact) mass is 380 g/mol. The Balaban J connectivity index is 1.87. The van der Waals surface area contributed by atoms with Gasteiger partial charge in [-0.1, -0.05) is 6.07 Å². The van der Waals surface area contributed by atoms with Crippen molar-refractivity contribution < 1.29 is 23.5 Å². The highest BCUT2D eigenvalue weighted by Gasteiger charge is 2.14. The van der Waals surface area contributed by atoms with Gasteiger partial charge >= 0.3 is 5.97 Å². The van der Waals surface area contributed by atoms with Gasteiger partial charge in [-0.3, -0.25) is 9.59 Å². The van der Waals surface area contributed by atoms with Crippen LogP contribution in [0.3, 0.4) is 0 Å². The largest absolute Gasteiger partial charge is 0.450 e. The summed E-state index contributed by atoms with van der Waals surface area (Å²) in [5.74, 6) is -1.47. The predicted molar refractivity (Wildman–Crippen MR) is 86.1 cm³/mol. The minimum Gasteiger partial charge on any atom is -0.450 e. The summed E-state index contributed by atoms with van der Waals surface area (Å²) in [4.78, 5) is 34.4. The Morgan fingerprint density at radius 3 is 2.43 bits per heavy atom. The van der Waals surface area contributed by atoms with Crippen molar-refractivity contribution in [2.24, 2.45) is 0 Å². The van der Waals surface area contributed by atoms with Crippen LogP contribution in [0.15, 0.2) is 45.5 Å². The van der Waals surface area contributed by atoms with Crippen LogP contribution in [0.4, 0.5) is 11.4 Å². The summed E-state index contributed by atoms with van der Waals surface area (Å²) in [6, 6.07) is 9.57. The van der Waals surface area contributed by atoms with Crippen LogP contribution in [0.25, 0.3) is 0 Å². The minimum absolute atomic E-state index is 0.00247. The lowest BCUT2D eigenvalue weighted by Crippen LogP contribution is -2.20. The minimum atomic E-state index is -0.738. The van der Waals surface area contributed by atoms with Crippen molar-refractivity contribution in [1.82, 2.24) is 0 Å². The quantitative estimate of drug-likeness (QED) is 0.777. The van der Waals surface area contributed by atoms with E-state index in [9.17, 15) is 14.4 Å². The van der Waals surface area contributed by atoms with Crippen molar-refractivity contribution in [1.29, 1.82) is 0 Å². The molecule has 0 spiro atoms. The molecule has 1 aromatic heterocycles. The number of ether oxygens (including phenoxy) is 1. The van der Waals surface area contributed by atoms with Crippen LogP contribution < -0.4 is 10.6 Å². The number of nitrogens with one attached hydrogen (secondary N) is 2. The summed E-state index contributed by atoms with van der Waals surface area (Å²) in [5.41, 5.74) is 1.02. The van der Waals surface area contributed by atoms with Gasteiger partial charge in [0.2, 0.25) is 11.7 Å².